The Morgan fingerprint density at radius 1 is 1.45 bits per heavy atom. The molecule has 0 saturated carbocycles. The van der Waals surface area contributed by atoms with Gasteiger partial charge in [-0.1, -0.05) is 17.7 Å². The Morgan fingerprint density at radius 3 is 2.93 bits per heavy atom. The van der Waals surface area contributed by atoms with Gasteiger partial charge in [0.25, 0.3) is 5.91 Å². The van der Waals surface area contributed by atoms with Crippen molar-refractivity contribution in [1.29, 1.82) is 5.26 Å². The van der Waals surface area contributed by atoms with Crippen molar-refractivity contribution >= 4 is 17.5 Å². The van der Waals surface area contributed by atoms with Crippen LogP contribution in [-0.4, -0.2) is 38.5 Å². The first-order valence-corrected chi connectivity index (χ1v) is 9.52. The molecule has 0 fully saturated rings. The minimum absolute atomic E-state index is 0.168. The van der Waals surface area contributed by atoms with E-state index in [2.05, 4.69) is 20.6 Å². The first kappa shape index (κ1) is 20.4. The number of amides is 1. The van der Waals surface area contributed by atoms with E-state index in [4.69, 9.17) is 21.6 Å². The van der Waals surface area contributed by atoms with Gasteiger partial charge in [-0.2, -0.15) is 10.4 Å². The monoisotopic (exact) mass is 412 g/mol. The van der Waals surface area contributed by atoms with E-state index in [0.29, 0.717) is 40.9 Å². The fraction of sp³-hybridized carbons (Fsp3) is 0.300. The average Bonchev–Trinajstić information content (AvgIpc) is 3.29. The lowest BCUT2D eigenvalue weighted by Crippen LogP contribution is -2.36. The Morgan fingerprint density at radius 2 is 2.24 bits per heavy atom. The zero-order valence-electron chi connectivity index (χ0n) is 16.4. The summed E-state index contributed by atoms with van der Waals surface area (Å²) in [5.41, 5.74) is 3.04. The van der Waals surface area contributed by atoms with Crippen LogP contribution in [-0.2, 0) is 6.54 Å². The molecule has 2 N–H and O–H groups in total. The van der Waals surface area contributed by atoms with Gasteiger partial charge in [-0.15, -0.1) is 5.10 Å². The molecule has 0 saturated heterocycles. The van der Waals surface area contributed by atoms with Gasteiger partial charge in [0.15, 0.2) is 0 Å². The summed E-state index contributed by atoms with van der Waals surface area (Å²) in [6.07, 6.45) is 1.83. The van der Waals surface area contributed by atoms with Gasteiger partial charge in [-0.3, -0.25) is 14.6 Å². The van der Waals surface area contributed by atoms with E-state index in [9.17, 15) is 4.79 Å². The number of aromatic nitrogens is 4. The molecule has 0 radical (unpaired) electrons. The molecule has 0 bridgehead atoms. The highest BCUT2D eigenvalue weighted by Gasteiger charge is 2.18. The summed E-state index contributed by atoms with van der Waals surface area (Å²) in [5.74, 6) is 0.183. The number of hydrogen-bond acceptors (Lipinski definition) is 5. The predicted molar refractivity (Wildman–Crippen MR) is 109 cm³/mol. The number of nitriles is 1. The van der Waals surface area contributed by atoms with Crippen molar-refractivity contribution in [1.82, 2.24) is 25.3 Å². The Balaban J connectivity index is 1.64. The van der Waals surface area contributed by atoms with Crippen molar-refractivity contribution in [3.05, 3.63) is 52.3 Å². The van der Waals surface area contributed by atoms with Crippen LogP contribution in [0.2, 0.25) is 5.02 Å². The van der Waals surface area contributed by atoms with Crippen molar-refractivity contribution in [2.75, 3.05) is 6.61 Å². The van der Waals surface area contributed by atoms with Gasteiger partial charge in [-0.05, 0) is 39.0 Å². The number of carbonyl (C=O) groups is 1. The molecule has 1 aromatic carbocycles. The van der Waals surface area contributed by atoms with Crippen LogP contribution in [0, 0.1) is 18.3 Å². The lowest BCUT2D eigenvalue weighted by atomic mass is 10.1. The quantitative estimate of drug-likeness (QED) is 0.618. The molecule has 0 aliphatic heterocycles. The highest BCUT2D eigenvalue weighted by atomic mass is 35.5. The van der Waals surface area contributed by atoms with Crippen molar-refractivity contribution in [2.24, 2.45) is 0 Å². The second-order valence-corrected chi connectivity index (χ2v) is 6.97. The van der Waals surface area contributed by atoms with Crippen LogP contribution >= 0.6 is 11.6 Å². The summed E-state index contributed by atoms with van der Waals surface area (Å²) in [6.45, 7) is 6.51. The van der Waals surface area contributed by atoms with Crippen molar-refractivity contribution in [3.8, 4) is 23.2 Å². The topological polar surface area (TPSA) is 109 Å². The normalized spacial score (nSPS) is 11.7. The third kappa shape index (κ3) is 4.58. The number of H-pyrrole nitrogens is 1. The Bertz CT molecular complexity index is 1070. The number of rotatable bonds is 7. The zero-order valence-corrected chi connectivity index (χ0v) is 17.1. The van der Waals surface area contributed by atoms with Crippen LogP contribution < -0.4 is 10.1 Å². The van der Waals surface area contributed by atoms with Crippen molar-refractivity contribution < 1.29 is 9.53 Å². The van der Waals surface area contributed by atoms with E-state index in [1.807, 2.05) is 32.2 Å². The summed E-state index contributed by atoms with van der Waals surface area (Å²) in [5, 5.41) is 23.6. The van der Waals surface area contributed by atoms with Gasteiger partial charge >= 0.3 is 0 Å². The molecule has 3 rings (SSSR count). The smallest absolute Gasteiger partial charge is 0.269 e. The van der Waals surface area contributed by atoms with E-state index in [0.717, 1.165) is 11.3 Å². The van der Waals surface area contributed by atoms with Gasteiger partial charge < -0.3 is 10.1 Å². The molecule has 0 spiro atoms. The molecule has 2 aromatic heterocycles. The molecule has 1 unspecified atom stereocenters. The van der Waals surface area contributed by atoms with E-state index >= 15 is 0 Å². The van der Waals surface area contributed by atoms with Gasteiger partial charge in [0.1, 0.15) is 11.8 Å². The maximum atomic E-state index is 12.5. The van der Waals surface area contributed by atoms with Gasteiger partial charge in [0.05, 0.1) is 29.4 Å². The maximum Gasteiger partial charge on any atom is 0.269 e. The number of ether oxygens (including phenoxy) is 1. The summed E-state index contributed by atoms with van der Waals surface area (Å²) in [4.78, 5) is 12.5. The SMILES string of the molecule is CCOc1n[nH]c(C(=O)NC(C)Cn2ccc(-c3ccc(C#N)c(Cl)c3)n2)c1C. The number of nitrogens with zero attached hydrogens (tertiary/aromatic N) is 4. The molecule has 3 aromatic rings. The summed E-state index contributed by atoms with van der Waals surface area (Å²) in [6, 6.07) is 8.92. The number of aromatic amines is 1. The van der Waals surface area contributed by atoms with E-state index < -0.39 is 0 Å². The van der Waals surface area contributed by atoms with Crippen LogP contribution in [0.15, 0.2) is 30.5 Å². The van der Waals surface area contributed by atoms with Crippen LogP contribution in [0.5, 0.6) is 5.88 Å². The molecule has 9 heteroatoms. The Labute approximate surface area is 173 Å². The first-order chi connectivity index (χ1) is 13.9. The Kier molecular flexibility index (Phi) is 6.20. The summed E-state index contributed by atoms with van der Waals surface area (Å²) in [7, 11) is 0. The fourth-order valence-electron chi connectivity index (χ4n) is 2.88. The molecule has 1 amide bonds. The van der Waals surface area contributed by atoms with Gasteiger partial charge in [0.2, 0.25) is 5.88 Å². The highest BCUT2D eigenvalue weighted by Crippen LogP contribution is 2.24. The standard InChI is InChI=1S/C20H21ClN6O2/c1-4-29-20-13(3)18(24-25-20)19(28)23-12(2)11-27-8-7-17(26-27)14-5-6-15(10-22)16(21)9-14/h5-9,12H,4,11H2,1-3H3,(H,23,28)(H,24,25). The van der Waals surface area contributed by atoms with Gasteiger partial charge in [0, 0.05) is 23.4 Å². The minimum atomic E-state index is -0.250. The van der Waals surface area contributed by atoms with E-state index in [1.54, 1.807) is 29.8 Å². The molecule has 0 aliphatic rings. The molecular formula is C20H21ClN6O2. The minimum Gasteiger partial charge on any atom is -0.477 e. The van der Waals surface area contributed by atoms with Crippen LogP contribution in [0.1, 0.15) is 35.5 Å². The number of benzene rings is 1. The summed E-state index contributed by atoms with van der Waals surface area (Å²) >= 11 is 6.10. The van der Waals surface area contributed by atoms with Gasteiger partial charge in [-0.25, -0.2) is 0 Å². The van der Waals surface area contributed by atoms with Crippen molar-refractivity contribution in [3.63, 3.8) is 0 Å². The fourth-order valence-corrected chi connectivity index (χ4v) is 3.11. The number of halogens is 1. The molecule has 29 heavy (non-hydrogen) atoms. The van der Waals surface area contributed by atoms with E-state index in [-0.39, 0.29) is 11.9 Å². The Hall–Kier alpha value is -3.31. The van der Waals surface area contributed by atoms with Crippen LogP contribution in [0.4, 0.5) is 0 Å². The zero-order chi connectivity index (χ0) is 21.0. The third-order valence-corrected chi connectivity index (χ3v) is 4.65. The average molecular weight is 413 g/mol. The third-order valence-electron chi connectivity index (χ3n) is 4.34. The largest absolute Gasteiger partial charge is 0.477 e. The summed E-state index contributed by atoms with van der Waals surface area (Å²) < 4.78 is 7.12. The lowest BCUT2D eigenvalue weighted by molar-refractivity contribution is 0.0930. The number of carbonyl (C=O) groups excluding carboxylic acids is 1. The number of nitrogens with one attached hydrogen (secondary N) is 2. The molecular weight excluding hydrogens is 392 g/mol. The maximum absolute atomic E-state index is 12.5. The number of hydrogen-bond donors (Lipinski definition) is 2. The molecule has 150 valence electrons. The van der Waals surface area contributed by atoms with Crippen LogP contribution in [0.25, 0.3) is 11.3 Å². The molecule has 8 nitrogen and oxygen atoms in total. The highest BCUT2D eigenvalue weighted by molar-refractivity contribution is 6.32. The predicted octanol–water partition coefficient (Wildman–Crippen LogP) is 3.32. The molecule has 0 aliphatic carbocycles. The first-order valence-electron chi connectivity index (χ1n) is 9.15. The molecule has 2 heterocycles. The second-order valence-electron chi connectivity index (χ2n) is 6.57. The van der Waals surface area contributed by atoms with Crippen molar-refractivity contribution in [2.45, 2.75) is 33.4 Å². The second kappa shape index (κ2) is 8.80. The van der Waals surface area contributed by atoms with E-state index in [1.165, 1.54) is 0 Å². The lowest BCUT2D eigenvalue weighted by Gasteiger charge is -2.13. The molecule has 1 atom stereocenters. The van der Waals surface area contributed by atoms with Crippen LogP contribution in [0.3, 0.4) is 0 Å².